The zero-order valence-corrected chi connectivity index (χ0v) is 15.3. The number of aryl methyl sites for hydroxylation is 3. The minimum atomic E-state index is 0.465. The molecule has 132 valence electrons. The third-order valence-electron chi connectivity index (χ3n) is 4.75. The molecule has 1 aliphatic carbocycles. The summed E-state index contributed by atoms with van der Waals surface area (Å²) < 4.78 is 11.7. The second-order valence-electron chi connectivity index (χ2n) is 6.79. The number of allylic oxidation sites excluding steroid dienone is 2. The van der Waals surface area contributed by atoms with E-state index in [4.69, 9.17) is 9.15 Å². The van der Waals surface area contributed by atoms with Crippen molar-refractivity contribution in [3.8, 4) is 5.75 Å². The van der Waals surface area contributed by atoms with Crippen molar-refractivity contribution in [3.63, 3.8) is 0 Å². The van der Waals surface area contributed by atoms with Gasteiger partial charge in [0.1, 0.15) is 11.5 Å². The Balaban J connectivity index is 1.52. The van der Waals surface area contributed by atoms with Crippen LogP contribution in [0.3, 0.4) is 0 Å². The SMILES string of the molecule is C=CC(C)C/C=C/c1nc(C)c(CCOc2ccc3c(c2)CCC3)o1. The Labute approximate surface area is 150 Å². The molecule has 0 spiro atoms. The molecule has 1 aliphatic rings. The van der Waals surface area contributed by atoms with Crippen molar-refractivity contribution < 1.29 is 9.15 Å². The van der Waals surface area contributed by atoms with E-state index in [1.165, 1.54) is 30.4 Å². The van der Waals surface area contributed by atoms with Crippen LogP contribution in [0.5, 0.6) is 5.75 Å². The van der Waals surface area contributed by atoms with Crippen molar-refractivity contribution in [2.75, 3.05) is 6.61 Å². The number of rotatable bonds is 8. The zero-order chi connectivity index (χ0) is 17.6. The molecular weight excluding hydrogens is 310 g/mol. The van der Waals surface area contributed by atoms with E-state index in [9.17, 15) is 0 Å². The summed E-state index contributed by atoms with van der Waals surface area (Å²) in [6, 6.07) is 6.46. The van der Waals surface area contributed by atoms with Gasteiger partial charge in [0.15, 0.2) is 0 Å². The molecule has 0 amide bonds. The summed E-state index contributed by atoms with van der Waals surface area (Å²) in [5.74, 6) is 2.99. The van der Waals surface area contributed by atoms with Gasteiger partial charge in [0, 0.05) is 6.42 Å². The highest BCUT2D eigenvalue weighted by molar-refractivity contribution is 5.39. The summed E-state index contributed by atoms with van der Waals surface area (Å²) in [5, 5.41) is 0. The van der Waals surface area contributed by atoms with Crippen molar-refractivity contribution in [1.29, 1.82) is 0 Å². The van der Waals surface area contributed by atoms with Gasteiger partial charge in [-0.2, -0.15) is 0 Å². The van der Waals surface area contributed by atoms with E-state index in [-0.39, 0.29) is 0 Å². The molecule has 3 rings (SSSR count). The number of nitrogens with zero attached hydrogens (tertiary/aromatic N) is 1. The van der Waals surface area contributed by atoms with Crippen LogP contribution in [0.25, 0.3) is 6.08 Å². The summed E-state index contributed by atoms with van der Waals surface area (Å²) in [5.41, 5.74) is 3.85. The van der Waals surface area contributed by atoms with Gasteiger partial charge in [0.05, 0.1) is 12.3 Å². The molecule has 3 nitrogen and oxygen atoms in total. The molecule has 0 fully saturated rings. The number of aromatic nitrogens is 1. The Bertz CT molecular complexity index is 757. The van der Waals surface area contributed by atoms with Crippen LogP contribution in [0.1, 0.15) is 48.2 Å². The predicted octanol–water partition coefficient (Wildman–Crippen LogP) is 5.32. The maximum atomic E-state index is 5.91. The van der Waals surface area contributed by atoms with Crippen LogP contribution < -0.4 is 4.74 Å². The van der Waals surface area contributed by atoms with Gasteiger partial charge in [-0.15, -0.1) is 6.58 Å². The predicted molar refractivity (Wildman–Crippen MR) is 102 cm³/mol. The van der Waals surface area contributed by atoms with Gasteiger partial charge < -0.3 is 9.15 Å². The Morgan fingerprint density at radius 2 is 2.16 bits per heavy atom. The summed E-state index contributed by atoms with van der Waals surface area (Å²) >= 11 is 0. The summed E-state index contributed by atoms with van der Waals surface area (Å²) in [4.78, 5) is 4.47. The normalized spacial score (nSPS) is 14.6. The van der Waals surface area contributed by atoms with Crippen molar-refractivity contribution in [2.24, 2.45) is 5.92 Å². The molecule has 1 aromatic heterocycles. The number of ether oxygens (including phenoxy) is 1. The highest BCUT2D eigenvalue weighted by Gasteiger charge is 2.12. The van der Waals surface area contributed by atoms with Gasteiger partial charge >= 0.3 is 0 Å². The highest BCUT2D eigenvalue weighted by atomic mass is 16.5. The molecule has 1 unspecified atom stereocenters. The Hall–Kier alpha value is -2.29. The van der Waals surface area contributed by atoms with E-state index in [1.54, 1.807) is 0 Å². The molecule has 25 heavy (non-hydrogen) atoms. The van der Waals surface area contributed by atoms with E-state index in [0.29, 0.717) is 18.4 Å². The second kappa shape index (κ2) is 8.19. The third-order valence-corrected chi connectivity index (χ3v) is 4.75. The lowest BCUT2D eigenvalue weighted by atomic mass is 10.1. The van der Waals surface area contributed by atoms with Crippen molar-refractivity contribution in [2.45, 2.75) is 46.0 Å². The van der Waals surface area contributed by atoms with Crippen LogP contribution in [-0.4, -0.2) is 11.6 Å². The standard InChI is InChI=1S/C22H27NO2/c1-4-16(2)7-5-10-22-23-17(3)21(25-22)13-14-24-20-12-11-18-8-6-9-19(18)15-20/h4-5,10-12,15-16H,1,6-9,13-14H2,2-3H3/b10-5+. The first-order valence-corrected chi connectivity index (χ1v) is 9.15. The maximum absolute atomic E-state index is 5.91. The largest absolute Gasteiger partial charge is 0.493 e. The maximum Gasteiger partial charge on any atom is 0.218 e. The number of hydrogen-bond acceptors (Lipinski definition) is 3. The van der Waals surface area contributed by atoms with Crippen LogP contribution in [-0.2, 0) is 19.3 Å². The van der Waals surface area contributed by atoms with Crippen molar-refractivity contribution in [1.82, 2.24) is 4.98 Å². The quantitative estimate of drug-likeness (QED) is 0.612. The lowest BCUT2D eigenvalue weighted by Crippen LogP contribution is -2.02. The van der Waals surface area contributed by atoms with E-state index < -0.39 is 0 Å². The average molecular weight is 337 g/mol. The Kier molecular flexibility index (Phi) is 5.75. The Morgan fingerprint density at radius 1 is 1.32 bits per heavy atom. The highest BCUT2D eigenvalue weighted by Crippen LogP contribution is 2.26. The van der Waals surface area contributed by atoms with Gasteiger partial charge in [0.2, 0.25) is 5.89 Å². The van der Waals surface area contributed by atoms with Gasteiger partial charge in [-0.25, -0.2) is 4.98 Å². The summed E-state index contributed by atoms with van der Waals surface area (Å²) in [7, 11) is 0. The first kappa shape index (κ1) is 17.5. The average Bonchev–Trinajstić information content (AvgIpc) is 3.21. The minimum absolute atomic E-state index is 0.465. The molecule has 0 radical (unpaired) electrons. The van der Waals surface area contributed by atoms with Gasteiger partial charge in [-0.1, -0.05) is 25.1 Å². The molecule has 0 N–H and O–H groups in total. The fourth-order valence-corrected chi connectivity index (χ4v) is 3.13. The number of fused-ring (bicyclic) bond motifs is 1. The molecule has 0 aliphatic heterocycles. The zero-order valence-electron chi connectivity index (χ0n) is 15.3. The van der Waals surface area contributed by atoms with Gasteiger partial charge in [-0.3, -0.25) is 0 Å². The smallest absolute Gasteiger partial charge is 0.218 e. The topological polar surface area (TPSA) is 35.3 Å². The van der Waals surface area contributed by atoms with E-state index >= 15 is 0 Å². The Morgan fingerprint density at radius 3 is 3.00 bits per heavy atom. The summed E-state index contributed by atoms with van der Waals surface area (Å²) in [6.45, 7) is 8.52. The molecule has 1 heterocycles. The van der Waals surface area contributed by atoms with Crippen molar-refractivity contribution in [3.05, 3.63) is 65.4 Å². The van der Waals surface area contributed by atoms with E-state index in [1.807, 2.05) is 19.1 Å². The monoisotopic (exact) mass is 337 g/mol. The molecule has 0 saturated heterocycles. The molecule has 0 bridgehead atoms. The number of benzene rings is 1. The molecule has 2 aromatic rings. The van der Waals surface area contributed by atoms with Crippen molar-refractivity contribution >= 4 is 6.08 Å². The molecule has 3 heteroatoms. The fourth-order valence-electron chi connectivity index (χ4n) is 3.13. The van der Waals surface area contributed by atoms with Crippen LogP contribution >= 0.6 is 0 Å². The number of oxazole rings is 1. The molecule has 1 atom stereocenters. The number of hydrogen-bond donors (Lipinski definition) is 0. The first-order chi connectivity index (χ1) is 12.2. The summed E-state index contributed by atoms with van der Waals surface area (Å²) in [6.07, 6.45) is 11.3. The lowest BCUT2D eigenvalue weighted by Gasteiger charge is -2.07. The van der Waals surface area contributed by atoms with E-state index in [2.05, 4.69) is 42.8 Å². The minimum Gasteiger partial charge on any atom is -0.493 e. The van der Waals surface area contributed by atoms with Crippen LogP contribution in [0.4, 0.5) is 0 Å². The van der Waals surface area contributed by atoms with Crippen LogP contribution in [0, 0.1) is 12.8 Å². The second-order valence-corrected chi connectivity index (χ2v) is 6.79. The van der Waals surface area contributed by atoms with Gasteiger partial charge in [0.25, 0.3) is 0 Å². The van der Waals surface area contributed by atoms with Gasteiger partial charge in [-0.05, 0) is 67.9 Å². The first-order valence-electron chi connectivity index (χ1n) is 9.15. The molecule has 1 aromatic carbocycles. The molecular formula is C22H27NO2. The fraction of sp³-hybridized carbons (Fsp3) is 0.409. The van der Waals surface area contributed by atoms with Crippen LogP contribution in [0.2, 0.25) is 0 Å². The van der Waals surface area contributed by atoms with E-state index in [0.717, 1.165) is 30.0 Å². The third kappa shape index (κ3) is 4.62. The molecule has 0 saturated carbocycles. The van der Waals surface area contributed by atoms with Crippen LogP contribution in [0.15, 0.2) is 41.3 Å². The lowest BCUT2D eigenvalue weighted by molar-refractivity contribution is 0.308.